The van der Waals surface area contributed by atoms with Crippen LogP contribution in [-0.2, 0) is 22.9 Å². The second-order valence-corrected chi connectivity index (χ2v) is 8.56. The molecule has 1 aliphatic heterocycles. The van der Waals surface area contributed by atoms with Gasteiger partial charge in [-0.2, -0.15) is 0 Å². The van der Waals surface area contributed by atoms with E-state index in [2.05, 4.69) is 4.98 Å². The van der Waals surface area contributed by atoms with E-state index in [1.807, 2.05) is 39.8 Å². The summed E-state index contributed by atoms with van der Waals surface area (Å²) in [5.41, 5.74) is 2.05. The van der Waals surface area contributed by atoms with Crippen LogP contribution >= 0.6 is 0 Å². The lowest BCUT2D eigenvalue weighted by molar-refractivity contribution is 0.0641. The Morgan fingerprint density at radius 2 is 2.00 bits per heavy atom. The Kier molecular flexibility index (Phi) is 5.53. The third-order valence-electron chi connectivity index (χ3n) is 4.51. The number of rotatable bonds is 7. The summed E-state index contributed by atoms with van der Waals surface area (Å²) in [6.07, 6.45) is 2.55. The van der Waals surface area contributed by atoms with E-state index in [1.54, 1.807) is 12.5 Å². The van der Waals surface area contributed by atoms with Crippen LogP contribution in [0.3, 0.4) is 0 Å². The molecule has 1 aromatic heterocycles. The Hall–Kier alpha value is -1.74. The molecular weight excluding hydrogens is 342 g/mol. The number of hydrogen-bond donors (Lipinski definition) is 2. The lowest BCUT2D eigenvalue weighted by Crippen LogP contribution is -2.44. The van der Waals surface area contributed by atoms with Crippen LogP contribution in [0.25, 0.3) is 0 Å². The van der Waals surface area contributed by atoms with Gasteiger partial charge in [-0.15, -0.1) is 0 Å². The van der Waals surface area contributed by atoms with Crippen LogP contribution in [0, 0.1) is 0 Å². The molecule has 1 fully saturated rings. The van der Waals surface area contributed by atoms with Gasteiger partial charge in [0.1, 0.15) is 0 Å². The number of aliphatic hydroxyl groups excluding tert-OH is 2. The third-order valence-corrected chi connectivity index (χ3v) is 6.21. The summed E-state index contributed by atoms with van der Waals surface area (Å²) in [4.78, 5) is 6.03. The van der Waals surface area contributed by atoms with Crippen molar-refractivity contribution in [2.45, 2.75) is 25.2 Å². The summed E-state index contributed by atoms with van der Waals surface area (Å²) in [5, 5.41) is 19.5. The van der Waals surface area contributed by atoms with Gasteiger partial charge in [-0.05, 0) is 5.56 Å². The van der Waals surface area contributed by atoms with Crippen molar-refractivity contribution < 1.29 is 18.6 Å². The Bertz CT molecular complexity index is 791. The Morgan fingerprint density at radius 1 is 1.24 bits per heavy atom. The van der Waals surface area contributed by atoms with Crippen molar-refractivity contribution in [1.29, 1.82) is 0 Å². The van der Waals surface area contributed by atoms with Crippen LogP contribution in [0.4, 0.5) is 0 Å². The number of benzene rings is 1. The number of imidazole rings is 1. The van der Waals surface area contributed by atoms with E-state index >= 15 is 0 Å². The summed E-state index contributed by atoms with van der Waals surface area (Å²) >= 11 is 0. The highest BCUT2D eigenvalue weighted by atomic mass is 32.2. The standard InChI is InChI=1S/C17H23N3O4S/c21-7-6-19(16-11-25(23,24)12-17(16)22)10-15-8-18-13-20(15)9-14-4-2-1-3-5-14/h1-5,8,13,16-17,21-22H,6-7,9-12H2/t16-,17-/m0/s1. The van der Waals surface area contributed by atoms with Crippen LogP contribution in [0.1, 0.15) is 11.3 Å². The van der Waals surface area contributed by atoms with Gasteiger partial charge in [-0.1, -0.05) is 30.3 Å². The molecule has 2 N–H and O–H groups in total. The monoisotopic (exact) mass is 365 g/mol. The fourth-order valence-electron chi connectivity index (χ4n) is 3.26. The molecule has 7 nitrogen and oxygen atoms in total. The number of aliphatic hydroxyl groups is 2. The Morgan fingerprint density at radius 3 is 2.64 bits per heavy atom. The number of aromatic nitrogens is 2. The van der Waals surface area contributed by atoms with Crippen LogP contribution < -0.4 is 0 Å². The predicted octanol–water partition coefficient (Wildman–Crippen LogP) is -0.116. The summed E-state index contributed by atoms with van der Waals surface area (Å²) in [6.45, 7) is 1.28. The van der Waals surface area contributed by atoms with Crippen LogP contribution in [0.15, 0.2) is 42.9 Å². The first-order valence-electron chi connectivity index (χ1n) is 8.25. The molecule has 0 bridgehead atoms. The molecule has 0 amide bonds. The molecule has 1 saturated heterocycles. The zero-order valence-electron chi connectivity index (χ0n) is 13.9. The van der Waals surface area contributed by atoms with E-state index in [0.29, 0.717) is 19.6 Å². The first-order chi connectivity index (χ1) is 12.0. The molecule has 0 saturated carbocycles. The smallest absolute Gasteiger partial charge is 0.154 e. The lowest BCUT2D eigenvalue weighted by atomic mass is 10.1. The molecule has 1 aliphatic rings. The molecule has 2 heterocycles. The Labute approximate surface area is 147 Å². The van der Waals surface area contributed by atoms with E-state index in [0.717, 1.165) is 11.3 Å². The van der Waals surface area contributed by atoms with Gasteiger partial charge in [0, 0.05) is 25.8 Å². The van der Waals surface area contributed by atoms with Crippen LogP contribution in [-0.4, -0.2) is 69.9 Å². The van der Waals surface area contributed by atoms with Gasteiger partial charge in [0.05, 0.1) is 42.3 Å². The van der Waals surface area contributed by atoms with Crippen molar-refractivity contribution in [2.24, 2.45) is 0 Å². The number of hydrogen-bond acceptors (Lipinski definition) is 6. The molecule has 25 heavy (non-hydrogen) atoms. The molecule has 0 radical (unpaired) electrons. The Balaban J connectivity index is 1.76. The molecule has 0 spiro atoms. The number of sulfone groups is 1. The number of nitrogens with zero attached hydrogens (tertiary/aromatic N) is 3. The zero-order chi connectivity index (χ0) is 17.9. The summed E-state index contributed by atoms with van der Waals surface area (Å²) in [7, 11) is -3.24. The lowest BCUT2D eigenvalue weighted by Gasteiger charge is -2.29. The van der Waals surface area contributed by atoms with Crippen molar-refractivity contribution in [3.63, 3.8) is 0 Å². The average molecular weight is 365 g/mol. The first kappa shape index (κ1) is 18.1. The van der Waals surface area contributed by atoms with Crippen LogP contribution in [0.2, 0.25) is 0 Å². The normalized spacial score (nSPS) is 22.5. The minimum atomic E-state index is -3.24. The van der Waals surface area contributed by atoms with Crippen molar-refractivity contribution in [2.75, 3.05) is 24.7 Å². The minimum Gasteiger partial charge on any atom is -0.395 e. The van der Waals surface area contributed by atoms with Gasteiger partial charge in [0.2, 0.25) is 0 Å². The SMILES string of the molecule is O=S1(=O)C[C@H](O)[C@@H](N(CCO)Cc2cncn2Cc2ccccc2)C1. The van der Waals surface area contributed by atoms with Gasteiger partial charge in [-0.3, -0.25) is 4.90 Å². The maximum atomic E-state index is 11.8. The van der Waals surface area contributed by atoms with Gasteiger partial charge < -0.3 is 14.8 Å². The maximum Gasteiger partial charge on any atom is 0.154 e. The molecule has 3 rings (SSSR count). The molecule has 0 unspecified atom stereocenters. The second kappa shape index (κ2) is 7.65. The van der Waals surface area contributed by atoms with E-state index in [1.165, 1.54) is 0 Å². The van der Waals surface area contributed by atoms with E-state index in [9.17, 15) is 18.6 Å². The third kappa shape index (κ3) is 4.46. The molecule has 2 aromatic rings. The van der Waals surface area contributed by atoms with Crippen LogP contribution in [0.5, 0.6) is 0 Å². The van der Waals surface area contributed by atoms with Gasteiger partial charge >= 0.3 is 0 Å². The van der Waals surface area contributed by atoms with Crippen molar-refractivity contribution >= 4 is 9.84 Å². The fourth-order valence-corrected chi connectivity index (χ4v) is 5.09. The van der Waals surface area contributed by atoms with Crippen molar-refractivity contribution in [1.82, 2.24) is 14.5 Å². The molecule has 1 aromatic carbocycles. The summed E-state index contributed by atoms with van der Waals surface area (Å²) in [5.74, 6) is -0.302. The molecule has 2 atom stereocenters. The predicted molar refractivity (Wildman–Crippen MR) is 93.7 cm³/mol. The average Bonchev–Trinajstić information content (AvgIpc) is 3.11. The van der Waals surface area contributed by atoms with Crippen molar-refractivity contribution in [3.8, 4) is 0 Å². The topological polar surface area (TPSA) is 95.7 Å². The molecule has 136 valence electrons. The minimum absolute atomic E-state index is 0.0824. The van der Waals surface area contributed by atoms with E-state index in [4.69, 9.17) is 0 Å². The summed E-state index contributed by atoms with van der Waals surface area (Å²) in [6, 6.07) is 9.47. The molecular formula is C17H23N3O4S. The van der Waals surface area contributed by atoms with E-state index < -0.39 is 22.0 Å². The first-order valence-corrected chi connectivity index (χ1v) is 10.1. The quantitative estimate of drug-likeness (QED) is 0.710. The largest absolute Gasteiger partial charge is 0.395 e. The van der Waals surface area contributed by atoms with E-state index in [-0.39, 0.29) is 18.1 Å². The van der Waals surface area contributed by atoms with Gasteiger partial charge in [-0.25, -0.2) is 13.4 Å². The highest BCUT2D eigenvalue weighted by molar-refractivity contribution is 7.91. The highest BCUT2D eigenvalue weighted by Gasteiger charge is 2.39. The van der Waals surface area contributed by atoms with Gasteiger partial charge in [0.15, 0.2) is 9.84 Å². The molecule has 0 aliphatic carbocycles. The maximum absolute atomic E-state index is 11.8. The molecule has 8 heteroatoms. The summed E-state index contributed by atoms with van der Waals surface area (Å²) < 4.78 is 25.6. The van der Waals surface area contributed by atoms with Gasteiger partial charge in [0.25, 0.3) is 0 Å². The van der Waals surface area contributed by atoms with Crippen molar-refractivity contribution in [3.05, 3.63) is 54.1 Å². The fraction of sp³-hybridized carbons (Fsp3) is 0.471. The highest BCUT2D eigenvalue weighted by Crippen LogP contribution is 2.20. The zero-order valence-corrected chi connectivity index (χ0v) is 14.7. The second-order valence-electron chi connectivity index (χ2n) is 6.40.